The molecule has 1 N–H and O–H groups in total. The first kappa shape index (κ1) is 11.0. The van der Waals surface area contributed by atoms with Crippen molar-refractivity contribution in [3.05, 3.63) is 0 Å². The molecule has 12 heavy (non-hydrogen) atoms. The van der Waals surface area contributed by atoms with E-state index in [0.717, 1.165) is 0 Å². The highest BCUT2D eigenvalue weighted by Gasteiger charge is 2.03. The summed E-state index contributed by atoms with van der Waals surface area (Å²) in [6.45, 7) is 4.75. The van der Waals surface area contributed by atoms with Crippen molar-refractivity contribution in [2.45, 2.75) is 26.3 Å². The van der Waals surface area contributed by atoms with Crippen molar-refractivity contribution in [2.24, 2.45) is 0 Å². The van der Waals surface area contributed by atoms with Gasteiger partial charge in [0.25, 0.3) is 0 Å². The number of terminal acetylenes is 1. The number of carbonyl (C=O) groups excluding carboxylic acids is 1. The van der Waals surface area contributed by atoms with Crippen LogP contribution in [-0.4, -0.2) is 25.2 Å². The normalized spacial score (nSPS) is 11.8. The number of hydrogen-bond acceptors (Lipinski definition) is 2. The molecule has 0 bridgehead atoms. The molecule has 0 saturated carbocycles. The lowest BCUT2D eigenvalue weighted by Crippen LogP contribution is -2.31. The van der Waals surface area contributed by atoms with Crippen molar-refractivity contribution in [3.8, 4) is 12.3 Å². The zero-order valence-corrected chi connectivity index (χ0v) is 7.59. The Balaban J connectivity index is 3.41. The highest BCUT2D eigenvalue weighted by molar-refractivity contribution is 5.76. The lowest BCUT2D eigenvalue weighted by Gasteiger charge is -2.06. The van der Waals surface area contributed by atoms with E-state index in [2.05, 4.69) is 11.2 Å². The molecule has 0 aliphatic rings. The molecule has 68 valence electrons. The summed E-state index contributed by atoms with van der Waals surface area (Å²) in [5.74, 6) is 2.35. The summed E-state index contributed by atoms with van der Waals surface area (Å²) in [5.41, 5.74) is 0. The minimum Gasteiger partial charge on any atom is -0.381 e. The van der Waals surface area contributed by atoms with Gasteiger partial charge in [-0.3, -0.25) is 4.79 Å². The van der Waals surface area contributed by atoms with Gasteiger partial charge >= 0.3 is 0 Å². The number of rotatable bonds is 5. The summed E-state index contributed by atoms with van der Waals surface area (Å²) in [4.78, 5) is 11.0. The second-order valence-corrected chi connectivity index (χ2v) is 2.40. The van der Waals surface area contributed by atoms with Crippen LogP contribution in [0.3, 0.4) is 0 Å². The number of carbonyl (C=O) groups is 1. The molecule has 0 saturated heterocycles. The van der Waals surface area contributed by atoms with E-state index in [1.807, 2.05) is 6.92 Å². The van der Waals surface area contributed by atoms with E-state index < -0.39 is 0 Å². The standard InChI is InChI=1S/C9H15NO2/c1-4-8(3)10-9(11)6-7-12-5-2/h1,8H,5-7H2,2-3H3,(H,10,11). The quantitative estimate of drug-likeness (QED) is 0.482. The van der Waals surface area contributed by atoms with Crippen molar-refractivity contribution >= 4 is 5.91 Å². The Morgan fingerprint density at radius 3 is 2.92 bits per heavy atom. The Kier molecular flexibility index (Phi) is 6.12. The molecule has 0 heterocycles. The summed E-state index contributed by atoms with van der Waals surface area (Å²) in [7, 11) is 0. The van der Waals surface area contributed by atoms with E-state index >= 15 is 0 Å². The van der Waals surface area contributed by atoms with Crippen LogP contribution in [0.5, 0.6) is 0 Å². The second kappa shape index (κ2) is 6.68. The summed E-state index contributed by atoms with van der Waals surface area (Å²) in [5, 5.41) is 2.63. The van der Waals surface area contributed by atoms with Crippen LogP contribution in [0.15, 0.2) is 0 Å². The third-order valence-corrected chi connectivity index (χ3v) is 1.31. The number of hydrogen-bond donors (Lipinski definition) is 1. The van der Waals surface area contributed by atoms with Crippen LogP contribution in [-0.2, 0) is 9.53 Å². The van der Waals surface area contributed by atoms with E-state index in [0.29, 0.717) is 19.6 Å². The molecule has 1 unspecified atom stereocenters. The Morgan fingerprint density at radius 2 is 2.42 bits per heavy atom. The zero-order valence-electron chi connectivity index (χ0n) is 7.59. The summed E-state index contributed by atoms with van der Waals surface area (Å²) in [6, 6.07) is -0.195. The topological polar surface area (TPSA) is 38.3 Å². The fourth-order valence-corrected chi connectivity index (χ4v) is 0.665. The van der Waals surface area contributed by atoms with Crippen molar-refractivity contribution in [1.29, 1.82) is 0 Å². The van der Waals surface area contributed by atoms with Crippen molar-refractivity contribution in [2.75, 3.05) is 13.2 Å². The van der Waals surface area contributed by atoms with Crippen LogP contribution in [0.1, 0.15) is 20.3 Å². The molecule has 1 atom stereocenters. The minimum absolute atomic E-state index is 0.0612. The SMILES string of the molecule is C#CC(C)NC(=O)CCOCC. The summed E-state index contributed by atoms with van der Waals surface area (Å²) >= 11 is 0. The number of amides is 1. The number of nitrogens with one attached hydrogen (secondary N) is 1. The molecule has 0 radical (unpaired) electrons. The maximum atomic E-state index is 11.0. The van der Waals surface area contributed by atoms with Crippen molar-refractivity contribution < 1.29 is 9.53 Å². The van der Waals surface area contributed by atoms with Gasteiger partial charge in [0.05, 0.1) is 12.6 Å². The molecular formula is C9H15NO2. The highest BCUT2D eigenvalue weighted by atomic mass is 16.5. The Hall–Kier alpha value is -1.01. The lowest BCUT2D eigenvalue weighted by molar-refractivity contribution is -0.122. The Labute approximate surface area is 73.5 Å². The van der Waals surface area contributed by atoms with Crippen LogP contribution in [0.2, 0.25) is 0 Å². The van der Waals surface area contributed by atoms with Crippen LogP contribution in [0.25, 0.3) is 0 Å². The van der Waals surface area contributed by atoms with Gasteiger partial charge in [-0.25, -0.2) is 0 Å². The molecule has 0 aromatic carbocycles. The van der Waals surface area contributed by atoms with Crippen molar-refractivity contribution in [3.63, 3.8) is 0 Å². The molecule has 0 aromatic heterocycles. The molecule has 0 fully saturated rings. The van der Waals surface area contributed by atoms with E-state index in [1.165, 1.54) is 0 Å². The molecule has 1 amide bonds. The third-order valence-electron chi connectivity index (χ3n) is 1.31. The van der Waals surface area contributed by atoms with Gasteiger partial charge in [-0.15, -0.1) is 6.42 Å². The Bertz CT molecular complexity index is 172. The maximum absolute atomic E-state index is 11.0. The molecule has 0 aliphatic carbocycles. The zero-order chi connectivity index (χ0) is 9.40. The van der Waals surface area contributed by atoms with Gasteiger partial charge in [0, 0.05) is 13.0 Å². The molecule has 0 aliphatic heterocycles. The predicted molar refractivity (Wildman–Crippen MR) is 47.5 cm³/mol. The van der Waals surface area contributed by atoms with E-state index in [1.54, 1.807) is 6.92 Å². The second-order valence-electron chi connectivity index (χ2n) is 2.40. The van der Waals surface area contributed by atoms with Crippen LogP contribution < -0.4 is 5.32 Å². The van der Waals surface area contributed by atoms with Gasteiger partial charge in [-0.05, 0) is 13.8 Å². The predicted octanol–water partition coefficient (Wildman–Crippen LogP) is 0.551. The first-order valence-electron chi connectivity index (χ1n) is 4.04. The average Bonchev–Trinajstić information content (AvgIpc) is 2.05. The van der Waals surface area contributed by atoms with E-state index in [-0.39, 0.29) is 11.9 Å². The third kappa shape index (κ3) is 5.75. The molecule has 0 spiro atoms. The highest BCUT2D eigenvalue weighted by Crippen LogP contribution is 1.85. The molecular weight excluding hydrogens is 154 g/mol. The van der Waals surface area contributed by atoms with Gasteiger partial charge < -0.3 is 10.1 Å². The maximum Gasteiger partial charge on any atom is 0.223 e. The van der Waals surface area contributed by atoms with Gasteiger partial charge in [0.15, 0.2) is 0 Å². The smallest absolute Gasteiger partial charge is 0.223 e. The average molecular weight is 169 g/mol. The van der Waals surface area contributed by atoms with Crippen LogP contribution >= 0.6 is 0 Å². The lowest BCUT2D eigenvalue weighted by atomic mass is 10.3. The van der Waals surface area contributed by atoms with Crippen LogP contribution in [0.4, 0.5) is 0 Å². The minimum atomic E-state index is -0.195. The number of ether oxygens (including phenoxy) is 1. The Morgan fingerprint density at radius 1 is 1.75 bits per heavy atom. The molecule has 0 rings (SSSR count). The summed E-state index contributed by atoms with van der Waals surface area (Å²) < 4.78 is 5.01. The summed E-state index contributed by atoms with van der Waals surface area (Å²) in [6.07, 6.45) is 5.45. The first-order valence-corrected chi connectivity index (χ1v) is 4.04. The fraction of sp³-hybridized carbons (Fsp3) is 0.667. The molecule has 3 heteroatoms. The fourth-order valence-electron chi connectivity index (χ4n) is 0.665. The monoisotopic (exact) mass is 169 g/mol. The van der Waals surface area contributed by atoms with E-state index in [9.17, 15) is 4.79 Å². The largest absolute Gasteiger partial charge is 0.381 e. The van der Waals surface area contributed by atoms with Crippen LogP contribution in [0, 0.1) is 12.3 Å². The first-order chi connectivity index (χ1) is 5.70. The van der Waals surface area contributed by atoms with Gasteiger partial charge in [0.2, 0.25) is 5.91 Å². The molecule has 3 nitrogen and oxygen atoms in total. The van der Waals surface area contributed by atoms with Gasteiger partial charge in [0.1, 0.15) is 0 Å². The molecule has 0 aromatic rings. The van der Waals surface area contributed by atoms with Gasteiger partial charge in [-0.2, -0.15) is 0 Å². The van der Waals surface area contributed by atoms with E-state index in [4.69, 9.17) is 11.2 Å². The van der Waals surface area contributed by atoms with Gasteiger partial charge in [-0.1, -0.05) is 5.92 Å². The van der Waals surface area contributed by atoms with Crippen molar-refractivity contribution in [1.82, 2.24) is 5.32 Å².